The molecule has 3 heterocycles. The van der Waals surface area contributed by atoms with Crippen molar-refractivity contribution >= 4 is 11.7 Å². The third-order valence-electron chi connectivity index (χ3n) is 3.09. The van der Waals surface area contributed by atoms with Crippen molar-refractivity contribution in [3.8, 4) is 0 Å². The Bertz CT molecular complexity index is 596. The summed E-state index contributed by atoms with van der Waals surface area (Å²) in [6.45, 7) is 3.24. The van der Waals surface area contributed by atoms with Gasteiger partial charge in [0.2, 0.25) is 5.76 Å². The van der Waals surface area contributed by atoms with E-state index >= 15 is 0 Å². The van der Waals surface area contributed by atoms with Crippen LogP contribution < -0.4 is 10.2 Å². The molecule has 21 heavy (non-hydrogen) atoms. The third kappa shape index (κ3) is 3.34. The van der Waals surface area contributed by atoms with Gasteiger partial charge in [0.1, 0.15) is 11.6 Å². The van der Waals surface area contributed by atoms with E-state index in [1.807, 2.05) is 6.07 Å². The molecule has 2 aromatic heterocycles. The van der Waals surface area contributed by atoms with Gasteiger partial charge in [0.15, 0.2) is 0 Å². The van der Waals surface area contributed by atoms with Crippen LogP contribution >= 0.6 is 0 Å². The summed E-state index contributed by atoms with van der Waals surface area (Å²) in [5, 5.41) is 6.18. The quantitative estimate of drug-likeness (QED) is 0.861. The number of rotatable bonds is 4. The lowest BCUT2D eigenvalue weighted by Crippen LogP contribution is -2.37. The topological polar surface area (TPSA) is 93.4 Å². The fraction of sp³-hybridized carbons (Fsp3) is 0.385. The van der Waals surface area contributed by atoms with Crippen LogP contribution in [0.25, 0.3) is 0 Å². The van der Waals surface area contributed by atoms with Crippen molar-refractivity contribution in [2.75, 3.05) is 31.2 Å². The molecule has 0 bridgehead atoms. The third-order valence-corrected chi connectivity index (χ3v) is 3.09. The van der Waals surface area contributed by atoms with Crippen molar-refractivity contribution in [1.82, 2.24) is 20.4 Å². The molecule has 110 valence electrons. The number of nitrogens with one attached hydrogen (secondary N) is 1. The van der Waals surface area contributed by atoms with Crippen LogP contribution in [0.2, 0.25) is 0 Å². The molecule has 0 aliphatic carbocycles. The SMILES string of the molecule is O=C(NCc1nccc(N2CCOCC2)n1)c1ccno1. The molecule has 2 aromatic rings. The van der Waals surface area contributed by atoms with Crippen LogP contribution in [0.5, 0.6) is 0 Å². The second kappa shape index (κ2) is 6.31. The predicted octanol–water partition coefficient (Wildman–Crippen LogP) is 0.231. The molecule has 0 spiro atoms. The minimum absolute atomic E-state index is 0.166. The molecule has 8 heteroatoms. The predicted molar refractivity (Wildman–Crippen MR) is 72.7 cm³/mol. The maximum Gasteiger partial charge on any atom is 0.290 e. The normalized spacial score (nSPS) is 15.0. The number of hydrogen-bond donors (Lipinski definition) is 1. The first kappa shape index (κ1) is 13.5. The summed E-state index contributed by atoms with van der Waals surface area (Å²) in [6.07, 6.45) is 3.11. The highest BCUT2D eigenvalue weighted by molar-refractivity contribution is 5.91. The molecule has 3 rings (SSSR count). The maximum atomic E-state index is 11.7. The zero-order chi connectivity index (χ0) is 14.5. The first-order chi connectivity index (χ1) is 10.3. The fourth-order valence-electron chi connectivity index (χ4n) is 2.02. The van der Waals surface area contributed by atoms with Crippen molar-refractivity contribution < 1.29 is 14.1 Å². The molecule has 1 amide bonds. The second-order valence-electron chi connectivity index (χ2n) is 4.49. The number of carbonyl (C=O) groups is 1. The van der Waals surface area contributed by atoms with Crippen LogP contribution in [-0.2, 0) is 11.3 Å². The van der Waals surface area contributed by atoms with E-state index in [9.17, 15) is 4.79 Å². The largest absolute Gasteiger partial charge is 0.378 e. The summed E-state index contributed by atoms with van der Waals surface area (Å²) in [7, 11) is 0. The van der Waals surface area contributed by atoms with Gasteiger partial charge in [-0.3, -0.25) is 4.79 Å². The van der Waals surface area contributed by atoms with Crippen LogP contribution in [0.4, 0.5) is 5.82 Å². The van der Waals surface area contributed by atoms with Crippen LogP contribution in [0, 0.1) is 0 Å². The van der Waals surface area contributed by atoms with Gasteiger partial charge in [0.05, 0.1) is 26.0 Å². The van der Waals surface area contributed by atoms with Gasteiger partial charge in [-0.25, -0.2) is 9.97 Å². The smallest absolute Gasteiger partial charge is 0.290 e. The van der Waals surface area contributed by atoms with Gasteiger partial charge in [-0.05, 0) is 6.07 Å². The minimum Gasteiger partial charge on any atom is -0.378 e. The number of morpholine rings is 1. The van der Waals surface area contributed by atoms with E-state index in [1.54, 1.807) is 6.20 Å². The molecule has 0 saturated carbocycles. The van der Waals surface area contributed by atoms with E-state index in [-0.39, 0.29) is 18.2 Å². The van der Waals surface area contributed by atoms with Crippen LogP contribution in [0.15, 0.2) is 29.0 Å². The number of aromatic nitrogens is 3. The number of hydrogen-bond acceptors (Lipinski definition) is 7. The maximum absolute atomic E-state index is 11.7. The molecule has 0 aromatic carbocycles. The Morgan fingerprint density at radius 1 is 1.29 bits per heavy atom. The van der Waals surface area contributed by atoms with Crippen molar-refractivity contribution in [1.29, 1.82) is 0 Å². The molecule has 1 N–H and O–H groups in total. The Kier molecular flexibility index (Phi) is 4.06. The highest BCUT2D eigenvalue weighted by Crippen LogP contribution is 2.11. The molecule has 1 aliphatic heterocycles. The minimum atomic E-state index is -0.340. The van der Waals surface area contributed by atoms with E-state index in [0.717, 1.165) is 18.9 Å². The molecule has 1 saturated heterocycles. The molecule has 8 nitrogen and oxygen atoms in total. The molecule has 1 aliphatic rings. The van der Waals surface area contributed by atoms with Crippen molar-refractivity contribution in [2.24, 2.45) is 0 Å². The Balaban J connectivity index is 1.62. The van der Waals surface area contributed by atoms with Crippen molar-refractivity contribution in [2.45, 2.75) is 6.54 Å². The summed E-state index contributed by atoms with van der Waals surface area (Å²) >= 11 is 0. The zero-order valence-electron chi connectivity index (χ0n) is 11.4. The number of ether oxygens (including phenoxy) is 1. The second-order valence-corrected chi connectivity index (χ2v) is 4.49. The van der Waals surface area contributed by atoms with E-state index < -0.39 is 0 Å². The monoisotopic (exact) mass is 289 g/mol. The summed E-state index contributed by atoms with van der Waals surface area (Å²) in [6, 6.07) is 3.35. The average molecular weight is 289 g/mol. The van der Waals surface area contributed by atoms with E-state index in [4.69, 9.17) is 9.26 Å². The van der Waals surface area contributed by atoms with Crippen molar-refractivity contribution in [3.63, 3.8) is 0 Å². The van der Waals surface area contributed by atoms with Gasteiger partial charge in [0.25, 0.3) is 5.91 Å². The fourth-order valence-corrected chi connectivity index (χ4v) is 2.02. The Morgan fingerprint density at radius 3 is 2.90 bits per heavy atom. The standard InChI is InChI=1S/C13H15N5O3/c19-13(10-1-4-16-21-10)15-9-11-14-3-2-12(17-11)18-5-7-20-8-6-18/h1-4H,5-9H2,(H,15,19). The van der Waals surface area contributed by atoms with Crippen molar-refractivity contribution in [3.05, 3.63) is 36.1 Å². The van der Waals surface area contributed by atoms with Crippen LogP contribution in [-0.4, -0.2) is 47.3 Å². The number of amides is 1. The molecule has 0 atom stereocenters. The Labute approximate surface area is 121 Å². The number of anilines is 1. The van der Waals surface area contributed by atoms with Crippen LogP contribution in [0.1, 0.15) is 16.4 Å². The number of nitrogens with zero attached hydrogens (tertiary/aromatic N) is 4. The highest BCUT2D eigenvalue weighted by atomic mass is 16.5. The Morgan fingerprint density at radius 2 is 2.14 bits per heavy atom. The lowest BCUT2D eigenvalue weighted by Gasteiger charge is -2.27. The first-order valence-corrected chi connectivity index (χ1v) is 6.66. The molecular formula is C13H15N5O3. The van der Waals surface area contributed by atoms with Gasteiger partial charge in [-0.15, -0.1) is 0 Å². The van der Waals surface area contributed by atoms with Gasteiger partial charge >= 0.3 is 0 Å². The molecular weight excluding hydrogens is 274 g/mol. The van der Waals surface area contributed by atoms with Gasteiger partial charge in [-0.2, -0.15) is 0 Å². The molecule has 0 radical (unpaired) electrons. The van der Waals surface area contributed by atoms with E-state index in [1.165, 1.54) is 12.3 Å². The van der Waals surface area contributed by atoms with E-state index in [2.05, 4.69) is 25.3 Å². The lowest BCUT2D eigenvalue weighted by atomic mass is 10.4. The lowest BCUT2D eigenvalue weighted by molar-refractivity contribution is 0.0913. The van der Waals surface area contributed by atoms with Crippen LogP contribution in [0.3, 0.4) is 0 Å². The zero-order valence-corrected chi connectivity index (χ0v) is 11.4. The Hall–Kier alpha value is -2.48. The summed E-state index contributed by atoms with van der Waals surface area (Å²) in [4.78, 5) is 22.5. The van der Waals surface area contributed by atoms with Gasteiger partial charge in [-0.1, -0.05) is 5.16 Å². The van der Waals surface area contributed by atoms with E-state index in [0.29, 0.717) is 19.0 Å². The summed E-state index contributed by atoms with van der Waals surface area (Å²) in [5.41, 5.74) is 0. The first-order valence-electron chi connectivity index (χ1n) is 6.66. The van der Waals surface area contributed by atoms with Gasteiger partial charge in [0, 0.05) is 25.4 Å². The summed E-state index contributed by atoms with van der Waals surface area (Å²) < 4.78 is 10.1. The molecule has 0 unspecified atom stereocenters. The number of carbonyl (C=O) groups excluding carboxylic acids is 1. The molecule has 1 fully saturated rings. The summed E-state index contributed by atoms with van der Waals surface area (Å²) in [5.74, 6) is 1.22. The average Bonchev–Trinajstić information content (AvgIpc) is 3.08. The highest BCUT2D eigenvalue weighted by Gasteiger charge is 2.14. The van der Waals surface area contributed by atoms with Gasteiger partial charge < -0.3 is 19.5 Å².